The molecule has 1 aliphatic carbocycles. The lowest BCUT2D eigenvalue weighted by Gasteiger charge is -2.42. The second-order valence-corrected chi connectivity index (χ2v) is 8.99. The summed E-state index contributed by atoms with van der Waals surface area (Å²) in [6, 6.07) is -1.15. The van der Waals surface area contributed by atoms with E-state index >= 15 is 0 Å². The van der Waals surface area contributed by atoms with E-state index in [1.165, 1.54) is 13.0 Å². The Bertz CT molecular complexity index is 929. The molecule has 0 radical (unpaired) electrons. The van der Waals surface area contributed by atoms with Crippen LogP contribution in [0.4, 0.5) is 0 Å². The summed E-state index contributed by atoms with van der Waals surface area (Å²) in [5.74, 6) is -3.74. The highest BCUT2D eigenvalue weighted by Crippen LogP contribution is 2.38. The number of carbonyl (C=O) groups excluding carboxylic acids is 4. The van der Waals surface area contributed by atoms with E-state index in [0.717, 1.165) is 12.5 Å². The summed E-state index contributed by atoms with van der Waals surface area (Å²) in [6.07, 6.45) is 7.54. The second kappa shape index (κ2) is 10.9. The van der Waals surface area contributed by atoms with E-state index in [9.17, 15) is 29.4 Å². The van der Waals surface area contributed by atoms with Crippen LogP contribution in [0.1, 0.15) is 47.5 Å². The first-order valence-corrected chi connectivity index (χ1v) is 11.0. The van der Waals surface area contributed by atoms with Crippen LogP contribution in [-0.4, -0.2) is 58.0 Å². The number of aliphatic hydroxyl groups is 2. The molecule has 180 valence electrons. The predicted molar refractivity (Wildman–Crippen MR) is 122 cm³/mol. The summed E-state index contributed by atoms with van der Waals surface area (Å²) in [7, 11) is 0. The van der Waals surface area contributed by atoms with Gasteiger partial charge in [0.05, 0.1) is 24.2 Å². The van der Waals surface area contributed by atoms with Gasteiger partial charge in [-0.15, -0.1) is 0 Å². The molecule has 8 nitrogen and oxygen atoms in total. The number of rotatable bonds is 2. The number of fused-ring (bicyclic) bond motifs is 10. The number of aliphatic hydroxyl groups excluding tert-OH is 2. The van der Waals surface area contributed by atoms with Gasteiger partial charge in [-0.05, 0) is 27.2 Å². The molecule has 8 heteroatoms. The topological polar surface area (TPSA) is 130 Å². The predicted octanol–water partition coefficient (Wildman–Crippen LogP) is 1.72. The summed E-state index contributed by atoms with van der Waals surface area (Å²) < 4.78 is 5.59. The van der Waals surface area contributed by atoms with E-state index in [1.807, 2.05) is 13.0 Å². The molecule has 1 amide bonds. The zero-order chi connectivity index (χ0) is 24.9. The largest absolute Gasteiger partial charge is 0.461 e. The maximum Gasteiger partial charge on any atom is 0.322 e. The van der Waals surface area contributed by atoms with E-state index in [-0.39, 0.29) is 6.42 Å². The van der Waals surface area contributed by atoms with Crippen LogP contribution in [0.15, 0.2) is 47.6 Å². The molecular weight excluding hydrogens is 426 g/mol. The Balaban J connectivity index is 2.57. The van der Waals surface area contributed by atoms with Crippen LogP contribution in [0.5, 0.6) is 0 Å². The van der Waals surface area contributed by atoms with Crippen molar-refractivity contribution < 1.29 is 34.1 Å². The van der Waals surface area contributed by atoms with Gasteiger partial charge in [-0.25, -0.2) is 0 Å². The van der Waals surface area contributed by atoms with Crippen LogP contribution < -0.4 is 5.32 Å². The van der Waals surface area contributed by atoms with Gasteiger partial charge in [0.15, 0.2) is 5.78 Å². The van der Waals surface area contributed by atoms with Gasteiger partial charge in [0.25, 0.3) is 5.91 Å². The lowest BCUT2D eigenvalue weighted by Crippen LogP contribution is -2.61. The number of carbonyl (C=O) groups is 4. The SMILES string of the molecule is CC(=O)C(=O)NC1C=C(C)C=CC(O)CC=C(C)C=CC(O)CC2OC(=O)C1(C)C(=O)C2C. The minimum atomic E-state index is -1.78. The molecule has 0 spiro atoms. The van der Waals surface area contributed by atoms with Crippen molar-refractivity contribution in [2.75, 3.05) is 0 Å². The highest BCUT2D eigenvalue weighted by molar-refractivity contribution is 6.35. The molecular formula is C25H33NO7. The molecule has 6 unspecified atom stereocenters. The average Bonchev–Trinajstić information content (AvgIpc) is 2.75. The number of ketones is 2. The Hall–Kier alpha value is -2.84. The third-order valence-electron chi connectivity index (χ3n) is 6.14. The summed E-state index contributed by atoms with van der Waals surface area (Å²) >= 11 is 0. The van der Waals surface area contributed by atoms with Gasteiger partial charge in [0.1, 0.15) is 11.5 Å². The quantitative estimate of drug-likeness (QED) is 0.326. The lowest BCUT2D eigenvalue weighted by atomic mass is 9.69. The lowest BCUT2D eigenvalue weighted by molar-refractivity contribution is -0.181. The molecule has 2 heterocycles. The maximum absolute atomic E-state index is 13.4. The van der Waals surface area contributed by atoms with E-state index in [0.29, 0.717) is 12.0 Å². The Morgan fingerprint density at radius 1 is 1.09 bits per heavy atom. The van der Waals surface area contributed by atoms with Crippen molar-refractivity contribution >= 4 is 23.4 Å². The van der Waals surface area contributed by atoms with Crippen LogP contribution >= 0.6 is 0 Å². The number of Topliss-reactive ketones (excluding diaryl/α,β-unsaturated/α-hetero) is 2. The molecule has 3 N–H and O–H groups in total. The van der Waals surface area contributed by atoms with Crippen LogP contribution in [0, 0.1) is 11.3 Å². The number of ether oxygens (including phenoxy) is 1. The molecule has 0 aromatic rings. The van der Waals surface area contributed by atoms with Crippen molar-refractivity contribution in [1.82, 2.24) is 5.32 Å². The molecule has 6 atom stereocenters. The maximum atomic E-state index is 13.4. The molecule has 0 aromatic heterocycles. The molecule has 1 saturated heterocycles. The minimum absolute atomic E-state index is 0.0298. The number of nitrogens with one attached hydrogen (secondary N) is 1. The van der Waals surface area contributed by atoms with Crippen molar-refractivity contribution in [1.29, 1.82) is 0 Å². The van der Waals surface area contributed by atoms with Crippen LogP contribution in [-0.2, 0) is 23.9 Å². The summed E-state index contributed by atoms with van der Waals surface area (Å²) in [6.45, 7) is 7.62. The summed E-state index contributed by atoms with van der Waals surface area (Å²) in [5, 5.41) is 23.1. The van der Waals surface area contributed by atoms with Gasteiger partial charge in [-0.1, -0.05) is 54.5 Å². The molecule has 1 fully saturated rings. The third kappa shape index (κ3) is 6.36. The fraction of sp³-hybridized carbons (Fsp3) is 0.520. The van der Waals surface area contributed by atoms with Gasteiger partial charge in [0, 0.05) is 13.3 Å². The fourth-order valence-electron chi connectivity index (χ4n) is 3.85. The molecule has 0 aromatic carbocycles. The number of amides is 1. The number of hydrogen-bond donors (Lipinski definition) is 3. The van der Waals surface area contributed by atoms with E-state index < -0.39 is 59.1 Å². The van der Waals surface area contributed by atoms with Gasteiger partial charge in [-0.2, -0.15) is 0 Å². The highest BCUT2D eigenvalue weighted by Gasteiger charge is 2.56. The van der Waals surface area contributed by atoms with Gasteiger partial charge in [-0.3, -0.25) is 19.2 Å². The molecule has 0 saturated carbocycles. The first-order valence-electron chi connectivity index (χ1n) is 11.0. The summed E-state index contributed by atoms with van der Waals surface area (Å²) in [4.78, 5) is 50.3. The molecule has 3 aliphatic rings. The fourth-order valence-corrected chi connectivity index (χ4v) is 3.85. The number of esters is 1. The normalized spacial score (nSPS) is 33.6. The van der Waals surface area contributed by atoms with Crippen molar-refractivity contribution in [3.63, 3.8) is 0 Å². The van der Waals surface area contributed by atoms with E-state index in [2.05, 4.69) is 5.32 Å². The molecule has 33 heavy (non-hydrogen) atoms. The highest BCUT2D eigenvalue weighted by atomic mass is 16.5. The Morgan fingerprint density at radius 2 is 1.70 bits per heavy atom. The van der Waals surface area contributed by atoms with Crippen molar-refractivity contribution in [2.24, 2.45) is 11.3 Å². The van der Waals surface area contributed by atoms with Crippen molar-refractivity contribution in [3.8, 4) is 0 Å². The Morgan fingerprint density at radius 3 is 2.33 bits per heavy atom. The first kappa shape index (κ1) is 26.4. The van der Waals surface area contributed by atoms with Crippen LogP contribution in [0.3, 0.4) is 0 Å². The minimum Gasteiger partial charge on any atom is -0.461 e. The van der Waals surface area contributed by atoms with Gasteiger partial charge >= 0.3 is 5.97 Å². The molecule has 2 aliphatic heterocycles. The number of hydrogen-bond acceptors (Lipinski definition) is 7. The number of allylic oxidation sites excluding steroid dienone is 4. The van der Waals surface area contributed by atoms with Gasteiger partial charge in [0.2, 0.25) is 5.78 Å². The third-order valence-corrected chi connectivity index (χ3v) is 6.14. The zero-order valence-corrected chi connectivity index (χ0v) is 19.7. The monoisotopic (exact) mass is 459 g/mol. The van der Waals surface area contributed by atoms with Crippen molar-refractivity contribution in [2.45, 2.75) is 71.8 Å². The Labute approximate surface area is 194 Å². The van der Waals surface area contributed by atoms with E-state index in [1.54, 1.807) is 38.2 Å². The zero-order valence-electron chi connectivity index (χ0n) is 19.7. The van der Waals surface area contributed by atoms with Crippen molar-refractivity contribution in [3.05, 3.63) is 47.6 Å². The smallest absolute Gasteiger partial charge is 0.322 e. The second-order valence-electron chi connectivity index (χ2n) is 8.99. The molecule has 3 rings (SSSR count). The van der Waals surface area contributed by atoms with Crippen LogP contribution in [0.2, 0.25) is 0 Å². The summed E-state index contributed by atoms with van der Waals surface area (Å²) in [5.41, 5.74) is -0.371. The Kier molecular flexibility index (Phi) is 8.69. The van der Waals surface area contributed by atoms with Crippen LogP contribution in [0.25, 0.3) is 0 Å². The van der Waals surface area contributed by atoms with E-state index in [4.69, 9.17) is 4.74 Å². The first-order chi connectivity index (χ1) is 15.4. The molecule has 2 bridgehead atoms. The average molecular weight is 460 g/mol. The van der Waals surface area contributed by atoms with Gasteiger partial charge < -0.3 is 20.3 Å². The standard InChI is InChI=1S/C25H33NO7/c1-14-6-9-18(28)10-8-15(2)12-21(26-23(31)17(4)27)25(5)22(30)16(3)20(33-24(25)32)13-19(29)11-7-14/h6-8,10-12,16,18-21,28-29H,9,13H2,1-5H3,(H,26,31).